The van der Waals surface area contributed by atoms with Crippen LogP contribution in [-0.2, 0) is 21.4 Å². The number of imidazole rings is 1. The third-order valence-corrected chi connectivity index (χ3v) is 7.31. The van der Waals surface area contributed by atoms with Crippen molar-refractivity contribution in [3.63, 3.8) is 0 Å². The van der Waals surface area contributed by atoms with Crippen molar-refractivity contribution < 1.29 is 22.7 Å². The van der Waals surface area contributed by atoms with Gasteiger partial charge in [-0.3, -0.25) is 9.10 Å². The Hall–Kier alpha value is -4.31. The molecule has 0 unspecified atom stereocenters. The van der Waals surface area contributed by atoms with Crippen LogP contribution in [-0.4, -0.2) is 44.6 Å². The fourth-order valence-electron chi connectivity index (χ4n) is 3.71. The lowest BCUT2D eigenvalue weighted by atomic mass is 10.1. The molecule has 0 saturated heterocycles. The number of nitrogens with one attached hydrogen (secondary N) is 1. The summed E-state index contributed by atoms with van der Waals surface area (Å²) in [7, 11) is -1.11. The van der Waals surface area contributed by atoms with Gasteiger partial charge in [0.2, 0.25) is 5.91 Å². The third kappa shape index (κ3) is 5.33. The van der Waals surface area contributed by atoms with E-state index in [9.17, 15) is 13.2 Å². The van der Waals surface area contributed by atoms with E-state index in [0.29, 0.717) is 11.5 Å². The van der Waals surface area contributed by atoms with Gasteiger partial charge in [-0.25, -0.2) is 13.4 Å². The van der Waals surface area contributed by atoms with E-state index in [4.69, 9.17) is 9.47 Å². The highest BCUT2D eigenvalue weighted by Gasteiger charge is 2.28. The minimum atomic E-state index is -4.06. The Kier molecular flexibility index (Phi) is 7.55. The maximum atomic E-state index is 13.6. The molecule has 0 atom stereocenters. The molecule has 0 radical (unpaired) electrons. The van der Waals surface area contributed by atoms with Gasteiger partial charge in [0.05, 0.1) is 36.8 Å². The molecule has 4 aromatic rings. The average molecular weight is 507 g/mol. The Labute approximate surface area is 210 Å². The van der Waals surface area contributed by atoms with Crippen molar-refractivity contribution in [1.82, 2.24) is 14.9 Å². The number of sulfonamides is 1. The molecule has 186 valence electrons. The van der Waals surface area contributed by atoms with E-state index >= 15 is 0 Å². The van der Waals surface area contributed by atoms with Crippen molar-refractivity contribution in [2.24, 2.45) is 0 Å². The summed E-state index contributed by atoms with van der Waals surface area (Å²) in [4.78, 5) is 17.2. The molecule has 1 heterocycles. The van der Waals surface area contributed by atoms with Gasteiger partial charge in [0.25, 0.3) is 10.0 Å². The molecule has 4 rings (SSSR count). The van der Waals surface area contributed by atoms with Crippen molar-refractivity contribution >= 4 is 21.6 Å². The largest absolute Gasteiger partial charge is 0.493 e. The molecule has 0 fully saturated rings. The highest BCUT2D eigenvalue weighted by molar-refractivity contribution is 7.92. The Bertz CT molecular complexity index is 1420. The van der Waals surface area contributed by atoms with E-state index in [1.165, 1.54) is 32.4 Å². The molecule has 0 saturated carbocycles. The van der Waals surface area contributed by atoms with E-state index in [1.54, 1.807) is 42.9 Å². The number of nitrogens with zero attached hydrogens (tertiary/aromatic N) is 3. The Morgan fingerprint density at radius 2 is 1.69 bits per heavy atom. The van der Waals surface area contributed by atoms with Crippen LogP contribution >= 0.6 is 0 Å². The maximum Gasteiger partial charge on any atom is 0.264 e. The second-order valence-corrected chi connectivity index (χ2v) is 9.60. The molecule has 0 bridgehead atoms. The normalized spacial score (nSPS) is 11.1. The molecule has 0 aliphatic carbocycles. The van der Waals surface area contributed by atoms with Crippen molar-refractivity contribution in [2.45, 2.75) is 11.4 Å². The second kappa shape index (κ2) is 11.0. The molecule has 0 aliphatic rings. The van der Waals surface area contributed by atoms with Crippen molar-refractivity contribution in [2.75, 3.05) is 25.1 Å². The lowest BCUT2D eigenvalue weighted by Crippen LogP contribution is -2.40. The summed E-state index contributed by atoms with van der Waals surface area (Å²) in [6.45, 7) is -0.224. The minimum absolute atomic E-state index is 0.0676. The maximum absolute atomic E-state index is 13.6. The van der Waals surface area contributed by atoms with Crippen molar-refractivity contribution in [1.29, 1.82) is 0 Å². The predicted octanol–water partition coefficient (Wildman–Crippen LogP) is 3.40. The number of anilines is 1. The summed E-state index contributed by atoms with van der Waals surface area (Å²) in [5.41, 5.74) is 1.99. The van der Waals surface area contributed by atoms with Crippen LogP contribution in [0.15, 0.2) is 96.4 Å². The monoisotopic (exact) mass is 506 g/mol. The van der Waals surface area contributed by atoms with E-state index < -0.39 is 22.5 Å². The van der Waals surface area contributed by atoms with Gasteiger partial charge >= 0.3 is 0 Å². The third-order valence-electron chi connectivity index (χ3n) is 5.52. The number of hydrogen-bond donors (Lipinski definition) is 1. The van der Waals surface area contributed by atoms with Gasteiger partial charge < -0.3 is 19.4 Å². The Balaban J connectivity index is 1.61. The number of benzene rings is 3. The van der Waals surface area contributed by atoms with E-state index in [2.05, 4.69) is 10.3 Å². The molecule has 9 nitrogen and oxygen atoms in total. The molecular weight excluding hydrogens is 480 g/mol. The summed E-state index contributed by atoms with van der Waals surface area (Å²) in [5, 5.41) is 2.84. The Morgan fingerprint density at radius 1 is 0.972 bits per heavy atom. The summed E-state index contributed by atoms with van der Waals surface area (Å²) in [6, 6.07) is 20.2. The number of hydrogen-bond acceptors (Lipinski definition) is 6. The summed E-state index contributed by atoms with van der Waals surface area (Å²) >= 11 is 0. The number of carbonyl (C=O) groups excluding carboxylic acids is 1. The number of aromatic nitrogens is 2. The van der Waals surface area contributed by atoms with E-state index in [1.807, 2.05) is 35.0 Å². The number of amides is 1. The van der Waals surface area contributed by atoms with Crippen LogP contribution in [0.4, 0.5) is 5.69 Å². The van der Waals surface area contributed by atoms with Gasteiger partial charge in [-0.1, -0.05) is 36.4 Å². The van der Waals surface area contributed by atoms with Crippen LogP contribution in [0.25, 0.3) is 5.69 Å². The van der Waals surface area contributed by atoms with Gasteiger partial charge in [0, 0.05) is 25.0 Å². The molecule has 10 heteroatoms. The van der Waals surface area contributed by atoms with Crippen LogP contribution < -0.4 is 19.1 Å². The zero-order chi connectivity index (χ0) is 25.5. The molecule has 1 N–H and O–H groups in total. The van der Waals surface area contributed by atoms with Gasteiger partial charge in [0.15, 0.2) is 11.5 Å². The first-order valence-electron chi connectivity index (χ1n) is 11.1. The number of methoxy groups -OCH3 is 2. The van der Waals surface area contributed by atoms with Crippen molar-refractivity contribution in [3.8, 4) is 17.2 Å². The SMILES string of the molecule is COc1ccc(N(CC(=O)NCc2ccccc2-n2ccnc2)S(=O)(=O)c2ccccc2)cc1OC. The van der Waals surface area contributed by atoms with Crippen LogP contribution in [0.2, 0.25) is 0 Å². The molecular formula is C26H26N4O5S. The van der Waals surface area contributed by atoms with E-state index in [-0.39, 0.29) is 17.1 Å². The number of rotatable bonds is 10. The fourth-order valence-corrected chi connectivity index (χ4v) is 5.14. The van der Waals surface area contributed by atoms with Crippen LogP contribution in [0.5, 0.6) is 11.5 Å². The number of para-hydroxylation sites is 1. The fraction of sp³-hybridized carbons (Fsp3) is 0.154. The zero-order valence-electron chi connectivity index (χ0n) is 19.9. The molecule has 1 aromatic heterocycles. The first kappa shape index (κ1) is 24.8. The molecule has 3 aromatic carbocycles. The summed E-state index contributed by atoms with van der Waals surface area (Å²) < 4.78 is 40.7. The van der Waals surface area contributed by atoms with Gasteiger partial charge in [0.1, 0.15) is 6.54 Å². The zero-order valence-corrected chi connectivity index (χ0v) is 20.7. The van der Waals surface area contributed by atoms with Crippen molar-refractivity contribution in [3.05, 3.63) is 97.1 Å². The minimum Gasteiger partial charge on any atom is -0.493 e. The lowest BCUT2D eigenvalue weighted by molar-refractivity contribution is -0.119. The predicted molar refractivity (Wildman–Crippen MR) is 136 cm³/mol. The Morgan fingerprint density at radius 3 is 2.39 bits per heavy atom. The first-order chi connectivity index (χ1) is 17.4. The number of carbonyl (C=O) groups is 1. The second-order valence-electron chi connectivity index (χ2n) is 7.74. The first-order valence-corrected chi connectivity index (χ1v) is 12.5. The topological polar surface area (TPSA) is 103 Å². The van der Waals surface area contributed by atoms with Crippen LogP contribution in [0.1, 0.15) is 5.56 Å². The lowest BCUT2D eigenvalue weighted by Gasteiger charge is -2.25. The molecule has 1 amide bonds. The van der Waals surface area contributed by atoms with Crippen LogP contribution in [0.3, 0.4) is 0 Å². The number of ether oxygens (including phenoxy) is 2. The van der Waals surface area contributed by atoms with Gasteiger partial charge in [-0.2, -0.15) is 0 Å². The standard InChI is InChI=1S/C26H26N4O5S/c1-34-24-13-12-21(16-25(24)35-2)30(36(32,33)22-9-4-3-5-10-22)18-26(31)28-17-20-8-6-7-11-23(20)29-15-14-27-19-29/h3-16,19H,17-18H2,1-2H3,(H,28,31). The smallest absolute Gasteiger partial charge is 0.264 e. The van der Waals surface area contributed by atoms with Gasteiger partial charge in [-0.05, 0) is 35.9 Å². The molecule has 0 aliphatic heterocycles. The van der Waals surface area contributed by atoms with Crippen LogP contribution in [0, 0.1) is 0 Å². The van der Waals surface area contributed by atoms with E-state index in [0.717, 1.165) is 15.6 Å². The quantitative estimate of drug-likeness (QED) is 0.354. The molecule has 0 spiro atoms. The average Bonchev–Trinajstić information content (AvgIpc) is 3.45. The summed E-state index contributed by atoms with van der Waals surface area (Å²) in [6.07, 6.45) is 5.16. The highest BCUT2D eigenvalue weighted by Crippen LogP contribution is 2.33. The summed E-state index contributed by atoms with van der Waals surface area (Å²) in [5.74, 6) is 0.321. The van der Waals surface area contributed by atoms with Gasteiger partial charge in [-0.15, -0.1) is 0 Å². The highest BCUT2D eigenvalue weighted by atomic mass is 32.2. The molecule has 36 heavy (non-hydrogen) atoms.